The average Bonchev–Trinajstić information content (AvgIpc) is 3.12. The van der Waals surface area contributed by atoms with Gasteiger partial charge in [-0.3, -0.25) is 4.79 Å². The molecule has 4 rings (SSSR count). The van der Waals surface area contributed by atoms with Crippen molar-refractivity contribution in [3.05, 3.63) is 95.6 Å². The Bertz CT molecular complexity index is 919. The van der Waals surface area contributed by atoms with E-state index in [2.05, 4.69) is 0 Å². The van der Waals surface area contributed by atoms with Gasteiger partial charge in [-0.2, -0.15) is 0 Å². The quantitative estimate of drug-likeness (QED) is 0.621. The van der Waals surface area contributed by atoms with E-state index in [4.69, 9.17) is 14.2 Å². The first-order chi connectivity index (χ1) is 13.3. The van der Waals surface area contributed by atoms with Gasteiger partial charge in [-0.05, 0) is 29.3 Å². The molecule has 0 saturated carbocycles. The second-order valence-electron chi connectivity index (χ2n) is 6.42. The van der Waals surface area contributed by atoms with Crippen LogP contribution in [0.4, 0.5) is 0 Å². The fourth-order valence-electron chi connectivity index (χ4n) is 3.35. The van der Waals surface area contributed by atoms with Crippen LogP contribution in [-0.4, -0.2) is 13.1 Å². The molecule has 136 valence electrons. The second-order valence-corrected chi connectivity index (χ2v) is 6.42. The highest BCUT2D eigenvalue weighted by Crippen LogP contribution is 2.46. The van der Waals surface area contributed by atoms with Crippen LogP contribution in [0.15, 0.2) is 78.9 Å². The Balaban J connectivity index is 1.52. The van der Waals surface area contributed by atoms with Crippen LogP contribution in [0.5, 0.6) is 11.5 Å². The zero-order valence-corrected chi connectivity index (χ0v) is 15.0. The molecule has 4 nitrogen and oxygen atoms in total. The summed E-state index contributed by atoms with van der Waals surface area (Å²) in [6, 6.07) is 25.3. The number of hydrogen-bond acceptors (Lipinski definition) is 4. The van der Waals surface area contributed by atoms with Gasteiger partial charge < -0.3 is 14.2 Å². The molecule has 0 N–H and O–H groups in total. The molecule has 0 unspecified atom stereocenters. The van der Waals surface area contributed by atoms with Gasteiger partial charge in [0.2, 0.25) is 0 Å². The van der Waals surface area contributed by atoms with Crippen LogP contribution in [-0.2, 0) is 16.1 Å². The summed E-state index contributed by atoms with van der Waals surface area (Å²) in [6.07, 6.45) is -0.405. The normalized spacial score (nSPS) is 17.7. The smallest absolute Gasteiger partial charge is 0.317 e. The molecular formula is C23H20O4. The van der Waals surface area contributed by atoms with Crippen LogP contribution in [0.1, 0.15) is 28.7 Å². The number of ether oxygens (including phenoxy) is 3. The van der Waals surface area contributed by atoms with E-state index < -0.39 is 12.0 Å². The Morgan fingerprint density at radius 3 is 2.37 bits per heavy atom. The lowest BCUT2D eigenvalue weighted by Crippen LogP contribution is -2.20. The van der Waals surface area contributed by atoms with Crippen LogP contribution in [0, 0.1) is 0 Å². The SMILES string of the molecule is COC(=O)[C@H]1c2ccccc2O[C@@H]1c1ccc(OCc2ccccc2)cc1. The molecule has 0 bridgehead atoms. The van der Waals surface area contributed by atoms with E-state index in [-0.39, 0.29) is 5.97 Å². The molecule has 1 heterocycles. The monoisotopic (exact) mass is 360 g/mol. The minimum atomic E-state index is -0.470. The van der Waals surface area contributed by atoms with Gasteiger partial charge in [-0.25, -0.2) is 0 Å². The molecule has 0 aromatic heterocycles. The van der Waals surface area contributed by atoms with Crippen LogP contribution >= 0.6 is 0 Å². The zero-order valence-electron chi connectivity index (χ0n) is 15.0. The maximum Gasteiger partial charge on any atom is 0.317 e. The molecule has 0 fully saturated rings. The van der Waals surface area contributed by atoms with Crippen molar-refractivity contribution < 1.29 is 19.0 Å². The second kappa shape index (κ2) is 7.54. The minimum Gasteiger partial charge on any atom is -0.489 e. The number of methoxy groups -OCH3 is 1. The molecule has 0 aliphatic carbocycles. The van der Waals surface area contributed by atoms with Crippen molar-refractivity contribution >= 4 is 5.97 Å². The van der Waals surface area contributed by atoms with Gasteiger partial charge >= 0.3 is 5.97 Å². The van der Waals surface area contributed by atoms with E-state index >= 15 is 0 Å². The summed E-state index contributed by atoms with van der Waals surface area (Å²) in [5.41, 5.74) is 2.88. The van der Waals surface area contributed by atoms with E-state index in [0.29, 0.717) is 6.61 Å². The number of fused-ring (bicyclic) bond motifs is 1. The highest BCUT2D eigenvalue weighted by molar-refractivity contribution is 5.81. The van der Waals surface area contributed by atoms with E-state index in [9.17, 15) is 4.79 Å². The van der Waals surface area contributed by atoms with E-state index in [1.165, 1.54) is 7.11 Å². The lowest BCUT2D eigenvalue weighted by Gasteiger charge is -2.18. The summed E-state index contributed by atoms with van der Waals surface area (Å²) in [5, 5.41) is 0. The van der Waals surface area contributed by atoms with Crippen molar-refractivity contribution in [1.82, 2.24) is 0 Å². The van der Waals surface area contributed by atoms with Crippen molar-refractivity contribution in [2.75, 3.05) is 7.11 Å². The van der Waals surface area contributed by atoms with Gasteiger partial charge in [-0.15, -0.1) is 0 Å². The van der Waals surface area contributed by atoms with E-state index in [1.54, 1.807) is 0 Å². The summed E-state index contributed by atoms with van der Waals surface area (Å²) in [7, 11) is 1.40. The van der Waals surface area contributed by atoms with Gasteiger partial charge in [0.05, 0.1) is 7.11 Å². The summed E-state index contributed by atoms with van der Waals surface area (Å²) < 4.78 is 16.9. The van der Waals surface area contributed by atoms with Crippen molar-refractivity contribution in [3.63, 3.8) is 0 Å². The first-order valence-corrected chi connectivity index (χ1v) is 8.86. The first kappa shape index (κ1) is 17.2. The van der Waals surface area contributed by atoms with Crippen LogP contribution < -0.4 is 9.47 Å². The molecule has 2 atom stereocenters. The van der Waals surface area contributed by atoms with E-state index in [0.717, 1.165) is 28.2 Å². The number of carbonyl (C=O) groups excluding carboxylic acids is 1. The van der Waals surface area contributed by atoms with Crippen LogP contribution in [0.25, 0.3) is 0 Å². The highest BCUT2D eigenvalue weighted by atomic mass is 16.5. The summed E-state index contributed by atoms with van der Waals surface area (Å²) in [5.74, 6) is 0.728. The van der Waals surface area contributed by atoms with Gasteiger partial charge in [-0.1, -0.05) is 60.7 Å². The van der Waals surface area contributed by atoms with E-state index in [1.807, 2.05) is 78.9 Å². The third-order valence-corrected chi connectivity index (χ3v) is 4.72. The highest BCUT2D eigenvalue weighted by Gasteiger charge is 2.41. The number of benzene rings is 3. The minimum absolute atomic E-state index is 0.297. The molecule has 1 aliphatic rings. The Labute approximate surface area is 158 Å². The van der Waals surface area contributed by atoms with Gasteiger partial charge in [0, 0.05) is 5.56 Å². The first-order valence-electron chi connectivity index (χ1n) is 8.86. The Hall–Kier alpha value is -3.27. The van der Waals surface area contributed by atoms with Crippen molar-refractivity contribution in [3.8, 4) is 11.5 Å². The fourth-order valence-corrected chi connectivity index (χ4v) is 3.35. The molecule has 0 amide bonds. The average molecular weight is 360 g/mol. The van der Waals surface area contributed by atoms with Gasteiger partial charge in [0.1, 0.15) is 30.1 Å². The van der Waals surface area contributed by atoms with Crippen molar-refractivity contribution in [2.24, 2.45) is 0 Å². The van der Waals surface area contributed by atoms with Crippen LogP contribution in [0.2, 0.25) is 0 Å². The fraction of sp³-hybridized carbons (Fsp3) is 0.174. The maximum atomic E-state index is 12.4. The lowest BCUT2D eigenvalue weighted by molar-refractivity contribution is -0.144. The molecule has 3 aromatic rings. The number of esters is 1. The number of hydrogen-bond donors (Lipinski definition) is 0. The summed E-state index contributed by atoms with van der Waals surface area (Å²) in [6.45, 7) is 0.510. The summed E-state index contributed by atoms with van der Waals surface area (Å²) in [4.78, 5) is 12.4. The third kappa shape index (κ3) is 3.51. The molecule has 0 radical (unpaired) electrons. The van der Waals surface area contributed by atoms with Crippen LogP contribution in [0.3, 0.4) is 0 Å². The number of carbonyl (C=O) groups is 1. The molecule has 3 aromatic carbocycles. The molecule has 0 saturated heterocycles. The predicted molar refractivity (Wildman–Crippen MR) is 102 cm³/mol. The Kier molecular flexibility index (Phi) is 4.79. The van der Waals surface area contributed by atoms with Crippen molar-refractivity contribution in [1.29, 1.82) is 0 Å². The molecule has 4 heteroatoms. The maximum absolute atomic E-state index is 12.4. The molecular weight excluding hydrogens is 340 g/mol. The van der Waals surface area contributed by atoms with Gasteiger partial charge in [0.25, 0.3) is 0 Å². The molecule has 0 spiro atoms. The number of para-hydroxylation sites is 1. The zero-order chi connectivity index (χ0) is 18.6. The lowest BCUT2D eigenvalue weighted by atomic mass is 9.91. The number of rotatable bonds is 5. The summed E-state index contributed by atoms with van der Waals surface area (Å²) >= 11 is 0. The van der Waals surface area contributed by atoms with Gasteiger partial charge in [0.15, 0.2) is 0 Å². The topological polar surface area (TPSA) is 44.8 Å². The standard InChI is InChI=1S/C23H20O4/c1-25-23(24)21-19-9-5-6-10-20(19)27-22(21)17-11-13-18(14-12-17)26-15-16-7-3-2-4-8-16/h2-14,21-22H,15H2,1H3/t21-,22+/m0/s1. The van der Waals surface area contributed by atoms with Crippen molar-refractivity contribution in [2.45, 2.75) is 18.6 Å². The molecule has 27 heavy (non-hydrogen) atoms. The largest absolute Gasteiger partial charge is 0.489 e. The predicted octanol–water partition coefficient (Wildman–Crippen LogP) is 4.66. The Morgan fingerprint density at radius 2 is 1.63 bits per heavy atom. The Morgan fingerprint density at radius 1 is 0.926 bits per heavy atom. The molecule has 1 aliphatic heterocycles. The third-order valence-electron chi connectivity index (χ3n) is 4.72.